The number of esters is 4. The SMILES string of the molecule is C=CC(=O)OCCCCCCCCCCCCCOc1ccc(C(=O)Oc2ccc(OC(=O)c3ccc(OCCCCCCCCCCCCCOC(=O)C=C)cc3F)cc2)c(F)c1. The van der Waals surface area contributed by atoms with Crippen molar-refractivity contribution in [2.75, 3.05) is 26.4 Å². The van der Waals surface area contributed by atoms with Crippen molar-refractivity contribution in [3.05, 3.63) is 109 Å². The van der Waals surface area contributed by atoms with Crippen molar-refractivity contribution < 1.29 is 56.4 Å². The first-order valence-corrected chi connectivity index (χ1v) is 23.2. The summed E-state index contributed by atoms with van der Waals surface area (Å²) in [5.74, 6) is -3.22. The Morgan fingerprint density at radius 3 is 0.938 bits per heavy atom. The van der Waals surface area contributed by atoms with Crippen LogP contribution in [0, 0.1) is 11.6 Å². The van der Waals surface area contributed by atoms with Gasteiger partial charge >= 0.3 is 23.9 Å². The van der Waals surface area contributed by atoms with Crippen LogP contribution in [0.3, 0.4) is 0 Å². The standard InChI is InChI=1S/C52H68F2O10/c1-3-49(55)61-37-25-21-17-13-9-5-7-11-15-19-23-35-59-43-31-33-45(47(53)39-43)51(57)63-41-27-29-42(30-28-41)64-52(58)46-34-32-44(40-48(46)54)60-36-24-20-16-12-8-6-10-14-18-22-26-38-62-50(56)4-2/h3-4,27-34,39-40H,1-2,5-26,35-38H2. The van der Waals surface area contributed by atoms with Crippen LogP contribution >= 0.6 is 0 Å². The van der Waals surface area contributed by atoms with Crippen molar-refractivity contribution in [1.82, 2.24) is 0 Å². The van der Waals surface area contributed by atoms with Crippen molar-refractivity contribution in [3.8, 4) is 23.0 Å². The van der Waals surface area contributed by atoms with Crippen LogP contribution in [-0.2, 0) is 19.1 Å². The van der Waals surface area contributed by atoms with E-state index in [0.29, 0.717) is 37.9 Å². The highest BCUT2D eigenvalue weighted by Crippen LogP contribution is 2.24. The van der Waals surface area contributed by atoms with Crippen molar-refractivity contribution in [3.63, 3.8) is 0 Å². The number of rotatable bonds is 36. The van der Waals surface area contributed by atoms with Gasteiger partial charge in [-0.2, -0.15) is 0 Å². The van der Waals surface area contributed by atoms with Gasteiger partial charge < -0.3 is 28.4 Å². The van der Waals surface area contributed by atoms with Gasteiger partial charge in [0.25, 0.3) is 0 Å². The third kappa shape index (κ3) is 23.2. The number of ether oxygens (including phenoxy) is 6. The molecule has 0 aliphatic carbocycles. The molecule has 0 aliphatic rings. The van der Waals surface area contributed by atoms with Gasteiger partial charge in [-0.05, 0) is 74.2 Å². The monoisotopic (exact) mass is 890 g/mol. The van der Waals surface area contributed by atoms with E-state index in [4.69, 9.17) is 28.4 Å². The molecule has 0 aliphatic heterocycles. The van der Waals surface area contributed by atoms with Crippen LogP contribution < -0.4 is 18.9 Å². The van der Waals surface area contributed by atoms with Gasteiger partial charge in [0.05, 0.1) is 37.6 Å². The maximum absolute atomic E-state index is 14.9. The highest BCUT2D eigenvalue weighted by molar-refractivity contribution is 5.92. The molecule has 0 fully saturated rings. The first-order chi connectivity index (χ1) is 31.2. The number of unbranched alkanes of at least 4 members (excludes halogenated alkanes) is 20. The summed E-state index contributed by atoms with van der Waals surface area (Å²) in [6, 6.07) is 13.6. The lowest BCUT2D eigenvalue weighted by atomic mass is 10.1. The molecule has 0 aromatic heterocycles. The minimum absolute atomic E-state index is 0.100. The zero-order valence-corrected chi connectivity index (χ0v) is 37.6. The first kappa shape index (κ1) is 52.8. The Hall–Kier alpha value is -5.52. The highest BCUT2D eigenvalue weighted by atomic mass is 19.1. The largest absolute Gasteiger partial charge is 0.493 e. The molecule has 64 heavy (non-hydrogen) atoms. The van der Waals surface area contributed by atoms with Gasteiger partial charge in [0.15, 0.2) is 0 Å². The van der Waals surface area contributed by atoms with Gasteiger partial charge in [-0.3, -0.25) is 0 Å². The summed E-state index contributed by atoms with van der Waals surface area (Å²) < 4.78 is 61.7. The Morgan fingerprint density at radius 1 is 0.391 bits per heavy atom. The Labute approximate surface area is 378 Å². The van der Waals surface area contributed by atoms with Crippen LogP contribution in [0.5, 0.6) is 23.0 Å². The van der Waals surface area contributed by atoms with Gasteiger partial charge in [0, 0.05) is 24.3 Å². The van der Waals surface area contributed by atoms with E-state index in [0.717, 1.165) is 102 Å². The average Bonchev–Trinajstić information content (AvgIpc) is 3.29. The number of halogens is 2. The van der Waals surface area contributed by atoms with Crippen LogP contribution in [0.15, 0.2) is 86.0 Å². The van der Waals surface area contributed by atoms with Crippen LogP contribution in [0.4, 0.5) is 8.78 Å². The first-order valence-electron chi connectivity index (χ1n) is 23.2. The molecule has 0 heterocycles. The fourth-order valence-corrected chi connectivity index (χ4v) is 6.84. The molecule has 0 amide bonds. The molecule has 350 valence electrons. The second-order valence-corrected chi connectivity index (χ2v) is 15.8. The van der Waals surface area contributed by atoms with Crippen molar-refractivity contribution >= 4 is 23.9 Å². The number of benzene rings is 3. The molecule has 12 heteroatoms. The van der Waals surface area contributed by atoms with Gasteiger partial charge in [0.1, 0.15) is 34.6 Å². The second kappa shape index (κ2) is 33.1. The van der Waals surface area contributed by atoms with Crippen LogP contribution in [0.2, 0.25) is 0 Å². The van der Waals surface area contributed by atoms with Gasteiger partial charge in [0.2, 0.25) is 0 Å². The molecule has 0 bridgehead atoms. The zero-order chi connectivity index (χ0) is 46.0. The Morgan fingerprint density at radius 2 is 0.656 bits per heavy atom. The third-order valence-corrected chi connectivity index (χ3v) is 10.5. The molecule has 10 nitrogen and oxygen atoms in total. The summed E-state index contributed by atoms with van der Waals surface area (Å²) in [6.07, 6.45) is 26.4. The maximum Gasteiger partial charge on any atom is 0.346 e. The maximum atomic E-state index is 14.9. The van der Waals surface area contributed by atoms with E-state index >= 15 is 0 Å². The van der Waals surface area contributed by atoms with Crippen molar-refractivity contribution in [2.24, 2.45) is 0 Å². The van der Waals surface area contributed by atoms with E-state index in [1.807, 2.05) is 0 Å². The quantitative estimate of drug-likeness (QED) is 0.0241. The molecule has 0 N–H and O–H groups in total. The minimum atomic E-state index is -0.901. The third-order valence-electron chi connectivity index (χ3n) is 10.5. The van der Waals surface area contributed by atoms with Crippen LogP contribution in [0.1, 0.15) is 162 Å². The number of carbonyl (C=O) groups is 4. The topological polar surface area (TPSA) is 124 Å². The summed E-state index contributed by atoms with van der Waals surface area (Å²) in [7, 11) is 0. The molecule has 3 rings (SSSR count). The lowest BCUT2D eigenvalue weighted by molar-refractivity contribution is -0.138. The molecular weight excluding hydrogens is 823 g/mol. The fraction of sp³-hybridized carbons (Fsp3) is 0.500. The predicted molar refractivity (Wildman–Crippen MR) is 244 cm³/mol. The fourth-order valence-electron chi connectivity index (χ4n) is 6.84. The highest BCUT2D eigenvalue weighted by Gasteiger charge is 2.18. The molecule has 3 aromatic rings. The molecular formula is C52H68F2O10. The molecule has 0 saturated heterocycles. The van der Waals surface area contributed by atoms with E-state index in [1.54, 1.807) is 0 Å². The summed E-state index contributed by atoms with van der Waals surface area (Å²) in [6.45, 7) is 8.57. The van der Waals surface area contributed by atoms with Crippen molar-refractivity contribution in [1.29, 1.82) is 0 Å². The second-order valence-electron chi connectivity index (χ2n) is 15.8. The molecule has 0 atom stereocenters. The Balaban J connectivity index is 1.23. The lowest BCUT2D eigenvalue weighted by Gasteiger charge is -2.10. The van der Waals surface area contributed by atoms with Gasteiger partial charge in [-0.15, -0.1) is 0 Å². The van der Waals surface area contributed by atoms with Crippen LogP contribution in [0.25, 0.3) is 0 Å². The summed E-state index contributed by atoms with van der Waals surface area (Å²) >= 11 is 0. The normalized spacial score (nSPS) is 10.8. The number of hydrogen-bond donors (Lipinski definition) is 0. The molecule has 0 unspecified atom stereocenters. The Kier molecular flexibility index (Phi) is 27.3. The number of carbonyl (C=O) groups excluding carboxylic acids is 4. The number of hydrogen-bond acceptors (Lipinski definition) is 10. The summed E-state index contributed by atoms with van der Waals surface area (Å²) in [5, 5.41) is 0. The molecule has 0 radical (unpaired) electrons. The smallest absolute Gasteiger partial charge is 0.346 e. The summed E-state index contributed by atoms with van der Waals surface area (Å²) in [5.41, 5.74) is -0.512. The minimum Gasteiger partial charge on any atom is -0.493 e. The van der Waals surface area contributed by atoms with Crippen LogP contribution in [-0.4, -0.2) is 50.3 Å². The van der Waals surface area contributed by atoms with Crippen molar-refractivity contribution in [2.45, 2.75) is 141 Å². The summed E-state index contributed by atoms with van der Waals surface area (Å²) in [4.78, 5) is 47.5. The zero-order valence-electron chi connectivity index (χ0n) is 37.6. The average molecular weight is 891 g/mol. The van der Waals surface area contributed by atoms with E-state index in [2.05, 4.69) is 13.2 Å². The molecule has 3 aromatic carbocycles. The van der Waals surface area contributed by atoms with E-state index in [9.17, 15) is 28.0 Å². The Bertz CT molecular complexity index is 1710. The van der Waals surface area contributed by atoms with Gasteiger partial charge in [-0.1, -0.05) is 129 Å². The molecule has 0 saturated carbocycles. The van der Waals surface area contributed by atoms with Gasteiger partial charge in [-0.25, -0.2) is 28.0 Å². The predicted octanol–water partition coefficient (Wildman–Crippen LogP) is 13.2. The van der Waals surface area contributed by atoms with E-state index < -0.39 is 23.6 Å². The molecule has 0 spiro atoms. The lowest BCUT2D eigenvalue weighted by Crippen LogP contribution is -2.12. The van der Waals surface area contributed by atoms with E-state index in [-0.39, 0.29) is 34.6 Å². The van der Waals surface area contributed by atoms with E-state index in [1.165, 1.54) is 112 Å².